The fraction of sp³-hybridized carbons (Fsp3) is 0.389. The minimum Gasteiger partial charge on any atom is -0.493 e. The largest absolute Gasteiger partial charge is 0.493 e. The average Bonchev–Trinajstić information content (AvgIpc) is 2.49. The van der Waals surface area contributed by atoms with Gasteiger partial charge in [-0.25, -0.2) is 0 Å². The Morgan fingerprint density at radius 3 is 2.52 bits per heavy atom. The SMILES string of the molecule is CC(C)(C#N)CCCCOc1ccc(Cl)c2ccccc12. The Balaban J connectivity index is 1.93. The van der Waals surface area contributed by atoms with Crippen LogP contribution in [0.15, 0.2) is 36.4 Å². The molecule has 0 aliphatic heterocycles. The molecule has 110 valence electrons. The summed E-state index contributed by atoms with van der Waals surface area (Å²) >= 11 is 6.19. The van der Waals surface area contributed by atoms with E-state index in [0.717, 1.165) is 40.8 Å². The van der Waals surface area contributed by atoms with Crippen LogP contribution in [0.2, 0.25) is 5.02 Å². The van der Waals surface area contributed by atoms with E-state index in [1.54, 1.807) is 0 Å². The summed E-state index contributed by atoms with van der Waals surface area (Å²) in [5.74, 6) is 0.870. The summed E-state index contributed by atoms with van der Waals surface area (Å²) in [6.07, 6.45) is 2.84. The van der Waals surface area contributed by atoms with E-state index in [4.69, 9.17) is 21.6 Å². The minimum atomic E-state index is -0.243. The molecule has 2 rings (SSSR count). The van der Waals surface area contributed by atoms with Gasteiger partial charge in [-0.15, -0.1) is 0 Å². The third-order valence-electron chi connectivity index (χ3n) is 3.59. The molecular weight excluding hydrogens is 282 g/mol. The molecule has 2 nitrogen and oxygen atoms in total. The standard InChI is InChI=1S/C18H20ClNO/c1-18(2,13-20)11-5-6-12-21-17-10-9-16(19)14-7-3-4-8-15(14)17/h3-4,7-10H,5-6,11-12H2,1-2H3. The molecule has 0 atom stereocenters. The first-order valence-corrected chi connectivity index (χ1v) is 7.62. The number of nitrogens with zero attached hydrogens (tertiary/aromatic N) is 1. The molecule has 0 aromatic heterocycles. The number of fused-ring (bicyclic) bond motifs is 1. The second-order valence-electron chi connectivity index (χ2n) is 5.89. The summed E-state index contributed by atoms with van der Waals surface area (Å²) in [6, 6.07) is 14.1. The van der Waals surface area contributed by atoms with Crippen molar-refractivity contribution in [1.82, 2.24) is 0 Å². The van der Waals surface area contributed by atoms with Gasteiger partial charge in [0.1, 0.15) is 5.75 Å². The maximum absolute atomic E-state index is 8.98. The number of rotatable bonds is 6. The van der Waals surface area contributed by atoms with Crippen LogP contribution in [0.25, 0.3) is 10.8 Å². The lowest BCUT2D eigenvalue weighted by molar-refractivity contribution is 0.298. The molecule has 0 heterocycles. The summed E-state index contributed by atoms with van der Waals surface area (Å²) in [6.45, 7) is 4.61. The molecule has 0 spiro atoms. The average molecular weight is 302 g/mol. The highest BCUT2D eigenvalue weighted by Gasteiger charge is 2.15. The van der Waals surface area contributed by atoms with Gasteiger partial charge in [0, 0.05) is 15.8 Å². The lowest BCUT2D eigenvalue weighted by Gasteiger charge is -2.15. The fourth-order valence-corrected chi connectivity index (χ4v) is 2.50. The lowest BCUT2D eigenvalue weighted by Crippen LogP contribution is -2.08. The molecule has 0 aliphatic rings. The molecule has 0 unspecified atom stereocenters. The van der Waals surface area contributed by atoms with Gasteiger partial charge in [0.2, 0.25) is 0 Å². The molecule has 0 aliphatic carbocycles. The van der Waals surface area contributed by atoms with E-state index in [0.29, 0.717) is 6.61 Å². The third-order valence-corrected chi connectivity index (χ3v) is 3.92. The number of unbranched alkanes of at least 4 members (excludes halogenated alkanes) is 1. The van der Waals surface area contributed by atoms with Gasteiger partial charge in [0.15, 0.2) is 0 Å². The quantitative estimate of drug-likeness (QED) is 0.651. The zero-order valence-electron chi connectivity index (χ0n) is 12.5. The molecule has 0 amide bonds. The first-order valence-electron chi connectivity index (χ1n) is 7.25. The zero-order chi connectivity index (χ0) is 15.3. The highest BCUT2D eigenvalue weighted by molar-refractivity contribution is 6.35. The Labute approximate surface area is 131 Å². The number of nitriles is 1. The van der Waals surface area contributed by atoms with Crippen molar-refractivity contribution in [1.29, 1.82) is 5.26 Å². The van der Waals surface area contributed by atoms with Crippen LogP contribution in [-0.4, -0.2) is 6.61 Å². The van der Waals surface area contributed by atoms with Crippen LogP contribution in [0.5, 0.6) is 5.75 Å². The second kappa shape index (κ2) is 6.83. The monoisotopic (exact) mass is 301 g/mol. The summed E-state index contributed by atoms with van der Waals surface area (Å²) in [7, 11) is 0. The zero-order valence-corrected chi connectivity index (χ0v) is 13.3. The minimum absolute atomic E-state index is 0.243. The molecule has 21 heavy (non-hydrogen) atoms. The highest BCUT2D eigenvalue weighted by Crippen LogP contribution is 2.31. The van der Waals surface area contributed by atoms with E-state index in [1.807, 2.05) is 50.2 Å². The molecule has 3 heteroatoms. The summed E-state index contributed by atoms with van der Waals surface area (Å²) in [5, 5.41) is 11.8. The summed E-state index contributed by atoms with van der Waals surface area (Å²) < 4.78 is 5.88. The molecule has 0 N–H and O–H groups in total. The summed E-state index contributed by atoms with van der Waals surface area (Å²) in [5.41, 5.74) is -0.243. The molecule has 0 radical (unpaired) electrons. The van der Waals surface area contributed by atoms with E-state index in [2.05, 4.69) is 6.07 Å². The number of hydrogen-bond acceptors (Lipinski definition) is 2. The topological polar surface area (TPSA) is 33.0 Å². The Morgan fingerprint density at radius 1 is 1.10 bits per heavy atom. The Bertz CT molecular complexity index is 658. The van der Waals surface area contributed by atoms with Gasteiger partial charge < -0.3 is 4.74 Å². The van der Waals surface area contributed by atoms with Gasteiger partial charge in [-0.3, -0.25) is 0 Å². The van der Waals surface area contributed by atoms with E-state index in [-0.39, 0.29) is 5.41 Å². The van der Waals surface area contributed by atoms with Gasteiger partial charge in [-0.1, -0.05) is 35.9 Å². The Morgan fingerprint density at radius 2 is 1.81 bits per heavy atom. The van der Waals surface area contributed by atoms with E-state index < -0.39 is 0 Å². The lowest BCUT2D eigenvalue weighted by atomic mass is 9.89. The molecule has 2 aromatic rings. The van der Waals surface area contributed by atoms with Crippen molar-refractivity contribution < 1.29 is 4.74 Å². The van der Waals surface area contributed by atoms with Crippen molar-refractivity contribution >= 4 is 22.4 Å². The number of benzene rings is 2. The van der Waals surface area contributed by atoms with Crippen molar-refractivity contribution in [2.45, 2.75) is 33.1 Å². The van der Waals surface area contributed by atoms with Crippen LogP contribution in [0, 0.1) is 16.7 Å². The van der Waals surface area contributed by atoms with Crippen molar-refractivity contribution in [3.8, 4) is 11.8 Å². The van der Waals surface area contributed by atoms with Crippen molar-refractivity contribution in [3.05, 3.63) is 41.4 Å². The van der Waals surface area contributed by atoms with Crippen molar-refractivity contribution in [3.63, 3.8) is 0 Å². The first kappa shape index (κ1) is 15.7. The maximum Gasteiger partial charge on any atom is 0.127 e. The second-order valence-corrected chi connectivity index (χ2v) is 6.30. The number of hydrogen-bond donors (Lipinski definition) is 0. The van der Waals surface area contributed by atoms with Crippen LogP contribution in [0.1, 0.15) is 33.1 Å². The molecule has 2 aromatic carbocycles. The van der Waals surface area contributed by atoms with Crippen LogP contribution >= 0.6 is 11.6 Å². The molecule has 0 fully saturated rings. The molecule has 0 bridgehead atoms. The number of halogens is 1. The molecular formula is C18H20ClNO. The molecule has 0 saturated carbocycles. The van der Waals surface area contributed by atoms with E-state index in [9.17, 15) is 0 Å². The van der Waals surface area contributed by atoms with Crippen LogP contribution in [-0.2, 0) is 0 Å². The maximum atomic E-state index is 8.98. The first-order chi connectivity index (χ1) is 10.0. The summed E-state index contributed by atoms with van der Waals surface area (Å²) in [4.78, 5) is 0. The van der Waals surface area contributed by atoms with Gasteiger partial charge in [-0.2, -0.15) is 5.26 Å². The Hall–Kier alpha value is -1.72. The smallest absolute Gasteiger partial charge is 0.127 e. The van der Waals surface area contributed by atoms with Gasteiger partial charge >= 0.3 is 0 Å². The van der Waals surface area contributed by atoms with E-state index >= 15 is 0 Å². The van der Waals surface area contributed by atoms with Crippen LogP contribution < -0.4 is 4.74 Å². The normalized spacial score (nSPS) is 11.3. The van der Waals surface area contributed by atoms with Gasteiger partial charge in [0.25, 0.3) is 0 Å². The fourth-order valence-electron chi connectivity index (χ4n) is 2.27. The Kier molecular flexibility index (Phi) is 5.09. The molecule has 0 saturated heterocycles. The highest BCUT2D eigenvalue weighted by atomic mass is 35.5. The van der Waals surface area contributed by atoms with Crippen molar-refractivity contribution in [2.75, 3.05) is 6.61 Å². The third kappa shape index (κ3) is 4.12. The predicted octanol–water partition coefficient (Wildman–Crippen LogP) is 5.59. The number of ether oxygens (including phenoxy) is 1. The van der Waals surface area contributed by atoms with E-state index in [1.165, 1.54) is 0 Å². The predicted molar refractivity (Wildman–Crippen MR) is 87.7 cm³/mol. The van der Waals surface area contributed by atoms with Crippen LogP contribution in [0.3, 0.4) is 0 Å². The van der Waals surface area contributed by atoms with Crippen molar-refractivity contribution in [2.24, 2.45) is 5.41 Å². The van der Waals surface area contributed by atoms with Crippen LogP contribution in [0.4, 0.5) is 0 Å². The van der Waals surface area contributed by atoms with Gasteiger partial charge in [0.05, 0.1) is 18.1 Å². The van der Waals surface area contributed by atoms with Gasteiger partial charge in [-0.05, 0) is 45.2 Å².